The van der Waals surface area contributed by atoms with E-state index in [0.29, 0.717) is 39.6 Å². The molecule has 0 atom stereocenters. The molecule has 0 amide bonds. The van der Waals surface area contributed by atoms with Crippen LogP contribution in [0.4, 0.5) is 5.69 Å². The van der Waals surface area contributed by atoms with Gasteiger partial charge in [-0.2, -0.15) is 9.78 Å². The van der Waals surface area contributed by atoms with Crippen molar-refractivity contribution < 1.29 is 12.9 Å². The predicted molar refractivity (Wildman–Crippen MR) is 131 cm³/mol. The van der Waals surface area contributed by atoms with E-state index in [4.69, 9.17) is 4.52 Å². The maximum atomic E-state index is 13.7. The maximum Gasteiger partial charge on any atom is 0.271 e. The van der Waals surface area contributed by atoms with Crippen LogP contribution in [-0.4, -0.2) is 29.9 Å². The van der Waals surface area contributed by atoms with Crippen molar-refractivity contribution in [1.29, 1.82) is 0 Å². The normalized spacial score (nSPS) is 11.6. The van der Waals surface area contributed by atoms with Crippen molar-refractivity contribution in [2.75, 3.05) is 10.8 Å². The third kappa shape index (κ3) is 4.14. The summed E-state index contributed by atoms with van der Waals surface area (Å²) in [5.74, 6) is 0.466. The fourth-order valence-corrected chi connectivity index (χ4v) is 5.66. The Bertz CT molecular complexity index is 1520. The molecule has 4 aromatic rings. The molecular formula is C25H26N4O4S. The lowest BCUT2D eigenvalue weighted by Crippen LogP contribution is -2.31. The zero-order valence-electron chi connectivity index (χ0n) is 19.7. The summed E-state index contributed by atoms with van der Waals surface area (Å²) in [7, 11) is -3.85. The average Bonchev–Trinajstić information content (AvgIpc) is 3.12. The molecule has 2 heterocycles. The van der Waals surface area contributed by atoms with Gasteiger partial charge < -0.3 is 4.52 Å². The minimum Gasteiger partial charge on any atom is -0.359 e. The van der Waals surface area contributed by atoms with Crippen LogP contribution in [0, 0.1) is 27.7 Å². The summed E-state index contributed by atoms with van der Waals surface area (Å²) in [4.78, 5) is 12.7. The van der Waals surface area contributed by atoms with Gasteiger partial charge in [0.2, 0.25) is 0 Å². The van der Waals surface area contributed by atoms with Crippen molar-refractivity contribution in [1.82, 2.24) is 14.9 Å². The zero-order chi connectivity index (χ0) is 24.6. The second kappa shape index (κ2) is 8.90. The van der Waals surface area contributed by atoms with Crippen LogP contribution < -0.4 is 9.86 Å². The highest BCUT2D eigenvalue weighted by molar-refractivity contribution is 7.92. The Balaban J connectivity index is 1.83. The number of rotatable bonds is 6. The third-order valence-electron chi connectivity index (χ3n) is 5.64. The lowest BCUT2D eigenvalue weighted by atomic mass is 10.1. The van der Waals surface area contributed by atoms with Crippen LogP contribution in [0.15, 0.2) is 68.8 Å². The van der Waals surface area contributed by atoms with Crippen LogP contribution in [0.1, 0.15) is 29.5 Å². The molecule has 4 rings (SSSR count). The van der Waals surface area contributed by atoms with E-state index in [1.54, 1.807) is 58.0 Å². The van der Waals surface area contributed by atoms with Crippen LogP contribution in [0.5, 0.6) is 0 Å². The van der Waals surface area contributed by atoms with Gasteiger partial charge in [0.15, 0.2) is 5.76 Å². The van der Waals surface area contributed by atoms with E-state index >= 15 is 0 Å². The number of aromatic nitrogens is 3. The van der Waals surface area contributed by atoms with Crippen LogP contribution in [0.25, 0.3) is 16.9 Å². The Hall–Kier alpha value is -3.72. The van der Waals surface area contributed by atoms with Crippen LogP contribution >= 0.6 is 0 Å². The van der Waals surface area contributed by atoms with Crippen LogP contribution in [0.2, 0.25) is 0 Å². The summed E-state index contributed by atoms with van der Waals surface area (Å²) < 4.78 is 35.2. The molecule has 0 radical (unpaired) electrons. The molecule has 2 aromatic heterocycles. The minimum atomic E-state index is -3.85. The molecule has 0 fully saturated rings. The summed E-state index contributed by atoms with van der Waals surface area (Å²) in [6.45, 7) is 9.21. The number of sulfonamides is 1. The van der Waals surface area contributed by atoms with E-state index in [-0.39, 0.29) is 17.0 Å². The Labute approximate surface area is 198 Å². The molecule has 176 valence electrons. The van der Waals surface area contributed by atoms with Gasteiger partial charge in [-0.05, 0) is 70.0 Å². The number of benzene rings is 2. The fraction of sp³-hybridized carbons (Fsp3) is 0.240. The highest BCUT2D eigenvalue weighted by Crippen LogP contribution is 2.29. The van der Waals surface area contributed by atoms with Gasteiger partial charge in [0.05, 0.1) is 16.3 Å². The molecule has 0 unspecified atom stereocenters. The molecule has 0 saturated carbocycles. The molecule has 2 aromatic carbocycles. The van der Waals surface area contributed by atoms with Gasteiger partial charge in [-0.3, -0.25) is 9.10 Å². The van der Waals surface area contributed by atoms with Crippen molar-refractivity contribution in [3.63, 3.8) is 0 Å². The SMILES string of the molecule is CCN(c1cccc(C)c1)S(=O)(=O)c1cc(-c2ccc(=O)n(-c3c(C)noc3C)n2)ccc1C. The lowest BCUT2D eigenvalue weighted by molar-refractivity contribution is 0.392. The largest absolute Gasteiger partial charge is 0.359 e. The van der Waals surface area contributed by atoms with E-state index in [9.17, 15) is 13.2 Å². The molecule has 34 heavy (non-hydrogen) atoms. The molecule has 0 spiro atoms. The van der Waals surface area contributed by atoms with Gasteiger partial charge in [0.25, 0.3) is 15.6 Å². The first kappa shape index (κ1) is 23.4. The molecule has 0 aliphatic carbocycles. The zero-order valence-corrected chi connectivity index (χ0v) is 20.5. The molecular weight excluding hydrogens is 452 g/mol. The van der Waals surface area contributed by atoms with E-state index < -0.39 is 10.0 Å². The highest BCUT2D eigenvalue weighted by atomic mass is 32.2. The molecule has 0 N–H and O–H groups in total. The third-order valence-corrected chi connectivity index (χ3v) is 7.68. The quantitative estimate of drug-likeness (QED) is 0.409. The standard InChI is InChI=1S/C25H26N4O4S/c1-6-28(21-9-7-8-16(2)14-21)34(31,32)23-15-20(11-10-17(23)3)22-12-13-24(30)29(26-22)25-18(4)27-33-19(25)5/h7-15H,6H2,1-5H3. The van der Waals surface area contributed by atoms with Gasteiger partial charge in [0.1, 0.15) is 11.4 Å². The summed E-state index contributed by atoms with van der Waals surface area (Å²) in [5, 5.41) is 8.39. The Morgan fingerprint density at radius 2 is 1.76 bits per heavy atom. The Morgan fingerprint density at radius 1 is 1.00 bits per heavy atom. The van der Waals surface area contributed by atoms with Gasteiger partial charge >= 0.3 is 0 Å². The van der Waals surface area contributed by atoms with Gasteiger partial charge in [0, 0.05) is 18.2 Å². The maximum absolute atomic E-state index is 13.7. The Morgan fingerprint density at radius 3 is 2.41 bits per heavy atom. The van der Waals surface area contributed by atoms with Crippen LogP contribution in [0.3, 0.4) is 0 Å². The molecule has 0 aliphatic heterocycles. The molecule has 0 saturated heterocycles. The van der Waals surface area contributed by atoms with Gasteiger partial charge in [-0.1, -0.05) is 29.4 Å². The number of aryl methyl sites for hydroxylation is 4. The summed E-state index contributed by atoms with van der Waals surface area (Å²) in [6, 6.07) is 15.5. The second-order valence-electron chi connectivity index (χ2n) is 8.13. The van der Waals surface area contributed by atoms with Gasteiger partial charge in [-0.25, -0.2) is 8.42 Å². The van der Waals surface area contributed by atoms with Crippen molar-refractivity contribution in [3.8, 4) is 16.9 Å². The first-order valence-electron chi connectivity index (χ1n) is 10.9. The highest BCUT2D eigenvalue weighted by Gasteiger charge is 2.26. The summed E-state index contributed by atoms with van der Waals surface area (Å²) >= 11 is 0. The van der Waals surface area contributed by atoms with E-state index in [2.05, 4.69) is 10.3 Å². The van der Waals surface area contributed by atoms with Gasteiger partial charge in [-0.15, -0.1) is 0 Å². The van der Waals surface area contributed by atoms with E-state index in [0.717, 1.165) is 5.56 Å². The van der Waals surface area contributed by atoms with E-state index in [1.807, 2.05) is 25.1 Å². The molecule has 0 bridgehead atoms. The number of hydrogen-bond donors (Lipinski definition) is 0. The van der Waals surface area contributed by atoms with Crippen LogP contribution in [-0.2, 0) is 10.0 Å². The van der Waals surface area contributed by atoms with Crippen molar-refractivity contribution >= 4 is 15.7 Å². The smallest absolute Gasteiger partial charge is 0.271 e. The fourth-order valence-electron chi connectivity index (χ4n) is 3.94. The van der Waals surface area contributed by atoms with Crippen molar-refractivity contribution in [3.05, 3.63) is 87.5 Å². The van der Waals surface area contributed by atoms with Crippen molar-refractivity contribution in [2.24, 2.45) is 0 Å². The minimum absolute atomic E-state index is 0.185. The molecule has 8 nitrogen and oxygen atoms in total. The first-order valence-corrected chi connectivity index (χ1v) is 12.3. The van der Waals surface area contributed by atoms with Crippen molar-refractivity contribution in [2.45, 2.75) is 39.5 Å². The predicted octanol–water partition coefficient (Wildman–Crippen LogP) is 4.34. The van der Waals surface area contributed by atoms with E-state index in [1.165, 1.54) is 15.1 Å². The average molecular weight is 479 g/mol. The summed E-state index contributed by atoms with van der Waals surface area (Å²) in [6.07, 6.45) is 0. The number of hydrogen-bond acceptors (Lipinski definition) is 6. The Kier molecular flexibility index (Phi) is 6.14. The molecule has 0 aliphatic rings. The lowest BCUT2D eigenvalue weighted by Gasteiger charge is -2.24. The topological polar surface area (TPSA) is 98.3 Å². The second-order valence-corrected chi connectivity index (χ2v) is 9.96. The first-order chi connectivity index (χ1) is 16.1. The summed E-state index contributed by atoms with van der Waals surface area (Å²) in [5.41, 5.74) is 3.90. The number of anilines is 1. The monoisotopic (exact) mass is 478 g/mol. The molecule has 9 heteroatoms. The number of nitrogens with zero attached hydrogens (tertiary/aromatic N) is 4.